The summed E-state index contributed by atoms with van der Waals surface area (Å²) in [5.41, 5.74) is 0.346. The van der Waals surface area contributed by atoms with Gasteiger partial charge in [-0.05, 0) is 67.3 Å². The fraction of sp³-hybridized carbons (Fsp3) is 0.156. The number of anilines is 1. The van der Waals surface area contributed by atoms with Gasteiger partial charge in [-0.15, -0.1) is 0 Å². The molecular weight excluding hydrogens is 599 g/mol. The summed E-state index contributed by atoms with van der Waals surface area (Å²) in [6, 6.07) is 13.2. The van der Waals surface area contributed by atoms with Crippen LogP contribution in [-0.4, -0.2) is 29.7 Å². The van der Waals surface area contributed by atoms with E-state index < -0.39 is 28.9 Å². The molecule has 5 aromatic rings. The molecule has 0 saturated heterocycles. The number of ether oxygens (including phenoxy) is 3. The molecule has 8 nitrogen and oxygen atoms in total. The third-order valence-corrected chi connectivity index (χ3v) is 7.49. The largest absolute Gasteiger partial charge is 0.493 e. The van der Waals surface area contributed by atoms with Crippen molar-refractivity contribution in [2.24, 2.45) is 0 Å². The molecule has 0 radical (unpaired) electrons. The lowest BCUT2D eigenvalue weighted by Crippen LogP contribution is -2.30. The molecule has 224 valence electrons. The predicted molar refractivity (Wildman–Crippen MR) is 158 cm³/mol. The van der Waals surface area contributed by atoms with Gasteiger partial charge in [0.1, 0.15) is 11.4 Å². The Labute approximate surface area is 253 Å². The molecule has 0 unspecified atom stereocenters. The number of nitrogens with zero attached hydrogens (tertiary/aromatic N) is 2. The SMILES string of the molecule is COc1cc2ncc(F)c(Oc3ccc(NC(=O)c4ccc(C5CC5)n(-c5ccc(F)cc5Cl)c4=O)cc3F)c2cc1OC. The minimum absolute atomic E-state index is 0.0141. The van der Waals surface area contributed by atoms with E-state index in [-0.39, 0.29) is 44.8 Å². The van der Waals surface area contributed by atoms with Gasteiger partial charge >= 0.3 is 0 Å². The van der Waals surface area contributed by atoms with E-state index in [4.69, 9.17) is 25.8 Å². The van der Waals surface area contributed by atoms with Gasteiger partial charge in [0.2, 0.25) is 0 Å². The molecule has 1 fully saturated rings. The highest BCUT2D eigenvalue weighted by Gasteiger charge is 2.29. The molecule has 1 aliphatic rings. The van der Waals surface area contributed by atoms with Crippen molar-refractivity contribution in [2.75, 3.05) is 19.5 Å². The Morgan fingerprint density at radius 2 is 1.68 bits per heavy atom. The van der Waals surface area contributed by atoms with E-state index in [1.54, 1.807) is 6.07 Å². The minimum Gasteiger partial charge on any atom is -0.493 e. The van der Waals surface area contributed by atoms with E-state index in [9.17, 15) is 18.4 Å². The van der Waals surface area contributed by atoms with Crippen LogP contribution in [-0.2, 0) is 0 Å². The van der Waals surface area contributed by atoms with Crippen LogP contribution in [0, 0.1) is 17.5 Å². The van der Waals surface area contributed by atoms with Crippen molar-refractivity contribution in [3.63, 3.8) is 0 Å². The van der Waals surface area contributed by atoms with Crippen LogP contribution in [0.25, 0.3) is 16.6 Å². The van der Waals surface area contributed by atoms with Gasteiger partial charge in [-0.25, -0.2) is 13.2 Å². The number of carbonyl (C=O) groups excluding carboxylic acids is 1. The zero-order chi connectivity index (χ0) is 31.1. The molecule has 0 atom stereocenters. The van der Waals surface area contributed by atoms with Crippen LogP contribution in [0.1, 0.15) is 34.8 Å². The Kier molecular flexibility index (Phi) is 7.64. The topological polar surface area (TPSA) is 91.7 Å². The van der Waals surface area contributed by atoms with Crippen LogP contribution >= 0.6 is 11.6 Å². The van der Waals surface area contributed by atoms with Gasteiger partial charge in [-0.2, -0.15) is 0 Å². The maximum Gasteiger partial charge on any atom is 0.268 e. The molecule has 0 spiro atoms. The van der Waals surface area contributed by atoms with E-state index in [2.05, 4.69) is 10.3 Å². The van der Waals surface area contributed by atoms with Crippen LogP contribution in [0.2, 0.25) is 5.02 Å². The Morgan fingerprint density at radius 3 is 2.36 bits per heavy atom. The lowest BCUT2D eigenvalue weighted by molar-refractivity contribution is 0.102. The summed E-state index contributed by atoms with van der Waals surface area (Å²) in [7, 11) is 2.86. The highest BCUT2D eigenvalue weighted by atomic mass is 35.5. The van der Waals surface area contributed by atoms with Gasteiger partial charge in [0.05, 0.1) is 36.6 Å². The minimum atomic E-state index is -0.910. The van der Waals surface area contributed by atoms with Crippen molar-refractivity contribution in [1.82, 2.24) is 9.55 Å². The van der Waals surface area contributed by atoms with Crippen molar-refractivity contribution >= 4 is 34.1 Å². The third kappa shape index (κ3) is 5.42. The summed E-state index contributed by atoms with van der Waals surface area (Å²) < 4.78 is 61.2. The van der Waals surface area contributed by atoms with Crippen molar-refractivity contribution in [2.45, 2.75) is 18.8 Å². The number of hydrogen-bond acceptors (Lipinski definition) is 6. The lowest BCUT2D eigenvalue weighted by Gasteiger charge is -2.16. The lowest BCUT2D eigenvalue weighted by atomic mass is 10.1. The van der Waals surface area contributed by atoms with E-state index in [0.29, 0.717) is 22.7 Å². The van der Waals surface area contributed by atoms with Crippen LogP contribution < -0.4 is 25.1 Å². The number of methoxy groups -OCH3 is 2. The van der Waals surface area contributed by atoms with Crippen molar-refractivity contribution in [1.29, 1.82) is 0 Å². The zero-order valence-electron chi connectivity index (χ0n) is 23.3. The highest BCUT2D eigenvalue weighted by Crippen LogP contribution is 2.41. The van der Waals surface area contributed by atoms with Crippen LogP contribution in [0.5, 0.6) is 23.0 Å². The second kappa shape index (κ2) is 11.6. The van der Waals surface area contributed by atoms with E-state index in [0.717, 1.165) is 31.2 Å². The van der Waals surface area contributed by atoms with E-state index in [1.807, 2.05) is 0 Å². The maximum absolute atomic E-state index is 15.2. The first-order valence-electron chi connectivity index (χ1n) is 13.4. The molecule has 3 aromatic carbocycles. The number of aromatic nitrogens is 2. The van der Waals surface area contributed by atoms with Gasteiger partial charge < -0.3 is 19.5 Å². The van der Waals surface area contributed by atoms with Gasteiger partial charge in [0, 0.05) is 28.9 Å². The number of pyridine rings is 2. The molecule has 1 aliphatic carbocycles. The first kappa shape index (κ1) is 29.1. The average molecular weight is 622 g/mol. The molecular formula is C32H23ClF3N3O5. The Bertz CT molecular complexity index is 2010. The van der Waals surface area contributed by atoms with Crippen LogP contribution in [0.4, 0.5) is 18.9 Å². The zero-order valence-corrected chi connectivity index (χ0v) is 24.0. The summed E-state index contributed by atoms with van der Waals surface area (Å²) in [4.78, 5) is 30.8. The molecule has 44 heavy (non-hydrogen) atoms. The van der Waals surface area contributed by atoms with Gasteiger partial charge in [-0.3, -0.25) is 19.1 Å². The number of hydrogen-bond donors (Lipinski definition) is 1. The molecule has 6 rings (SSSR count). The molecule has 1 amide bonds. The summed E-state index contributed by atoms with van der Waals surface area (Å²) >= 11 is 6.26. The fourth-order valence-corrected chi connectivity index (χ4v) is 5.13. The number of fused-ring (bicyclic) bond motifs is 1. The molecule has 2 aromatic heterocycles. The first-order valence-corrected chi connectivity index (χ1v) is 13.8. The van der Waals surface area contributed by atoms with Gasteiger partial charge in [-0.1, -0.05) is 11.6 Å². The Morgan fingerprint density at radius 1 is 0.932 bits per heavy atom. The molecule has 1 N–H and O–H groups in total. The Hall–Kier alpha value is -5.03. The molecule has 0 bridgehead atoms. The summed E-state index contributed by atoms with van der Waals surface area (Å²) in [5, 5.41) is 2.74. The smallest absolute Gasteiger partial charge is 0.268 e. The van der Waals surface area contributed by atoms with Gasteiger partial charge in [0.25, 0.3) is 11.5 Å². The summed E-state index contributed by atoms with van der Waals surface area (Å²) in [5.74, 6) is -2.97. The second-order valence-corrected chi connectivity index (χ2v) is 10.5. The number of rotatable bonds is 8. The summed E-state index contributed by atoms with van der Waals surface area (Å²) in [6.45, 7) is 0. The van der Waals surface area contributed by atoms with Gasteiger partial charge in [0.15, 0.2) is 34.6 Å². The molecule has 1 saturated carbocycles. The summed E-state index contributed by atoms with van der Waals surface area (Å²) in [6.07, 6.45) is 2.66. The molecule has 0 aliphatic heterocycles. The predicted octanol–water partition coefficient (Wildman–Crippen LogP) is 7.40. The number of carbonyl (C=O) groups is 1. The fourth-order valence-electron chi connectivity index (χ4n) is 4.88. The van der Waals surface area contributed by atoms with Crippen molar-refractivity contribution in [3.05, 3.63) is 111 Å². The third-order valence-electron chi connectivity index (χ3n) is 7.19. The van der Waals surface area contributed by atoms with E-state index >= 15 is 4.39 Å². The monoisotopic (exact) mass is 621 g/mol. The van der Waals surface area contributed by atoms with Crippen LogP contribution in [0.3, 0.4) is 0 Å². The normalized spacial score (nSPS) is 12.7. The first-order chi connectivity index (χ1) is 21.2. The maximum atomic E-state index is 15.2. The average Bonchev–Trinajstić information content (AvgIpc) is 3.85. The number of benzene rings is 3. The van der Waals surface area contributed by atoms with Crippen LogP contribution in [0.15, 0.2) is 71.7 Å². The molecule has 12 heteroatoms. The Balaban J connectivity index is 1.29. The number of halogens is 4. The second-order valence-electron chi connectivity index (χ2n) is 10.0. The quantitative estimate of drug-likeness (QED) is 0.194. The van der Waals surface area contributed by atoms with E-state index in [1.165, 1.54) is 61.3 Å². The number of nitrogens with one attached hydrogen (secondary N) is 1. The molecule has 2 heterocycles. The van der Waals surface area contributed by atoms with Crippen molar-refractivity contribution < 1.29 is 32.2 Å². The highest BCUT2D eigenvalue weighted by molar-refractivity contribution is 6.32. The standard InChI is InChI=1S/C32H23ClF3N3O5/c1-42-28-13-20-24(14-29(28)43-2)37-15-23(36)30(20)44-27-10-6-18(12-22(27)35)38-31(40)19-7-9-25(16-3-4-16)39(32(19)41)26-8-5-17(34)11-21(26)33/h5-16H,3-4H2,1-2H3,(H,38,40). The number of amides is 1. The van der Waals surface area contributed by atoms with Crippen molar-refractivity contribution in [3.8, 4) is 28.7 Å².